The standard InChI is InChI=1S/C73H41N5/c1-3-19-46(20-4-1)75-60-31-13-11-25-52(60)56-37-44(33-35-62(56)75)50-27-15-29-54-58-39-42-17-7-9-23-48(42)65-67-64(77(69(50)54)71(58)65)41-74-73-68(67)66-49-24-10-8-18-43(49)40-59-55-30-16-28-51(70(55)78(73)72(59)66)45-34-36-63-57(38-45)53-26-12-14-32-61(53)76(63)47-21-5-2-6-22-47/h1-41H. The minimum atomic E-state index is 0.978. The SMILES string of the molecule is c1ccc(-n2c3ccccc3c3cc(-c4cccc5c6cc7ccccc7c7c8c9c%10c%11ccccc%11cc%11c%12cccc(-c%13ccc%14c(c%13)c%13ccccc%13n%14-c%13ccccc%13)c%12n(c9ncc8n(c45)c67)c%11%10)ccc32)cc1. The van der Waals surface area contributed by atoms with Crippen LogP contribution in [0.15, 0.2) is 249 Å². The van der Waals surface area contributed by atoms with E-state index in [4.69, 9.17) is 4.98 Å². The molecular formula is C73H41N5. The second-order valence-electron chi connectivity index (χ2n) is 21.4. The minimum absolute atomic E-state index is 0.978. The molecule has 19 aromatic rings. The molecule has 0 N–H and O–H groups in total. The monoisotopic (exact) mass is 987 g/mol. The summed E-state index contributed by atoms with van der Waals surface area (Å²) >= 11 is 0. The Morgan fingerprint density at radius 3 is 1.24 bits per heavy atom. The Kier molecular flexibility index (Phi) is 7.68. The van der Waals surface area contributed by atoms with Crippen LogP contribution in [-0.2, 0) is 0 Å². The Hall–Kier alpha value is -10.5. The third-order valence-electron chi connectivity index (χ3n) is 17.6. The zero-order valence-electron chi connectivity index (χ0n) is 41.9. The van der Waals surface area contributed by atoms with Crippen LogP contribution in [0.5, 0.6) is 0 Å². The maximum Gasteiger partial charge on any atom is 0.146 e. The number of rotatable bonds is 4. The molecule has 0 fully saturated rings. The predicted octanol–water partition coefficient (Wildman–Crippen LogP) is 19.2. The molecule has 0 bridgehead atoms. The van der Waals surface area contributed by atoms with Crippen LogP contribution >= 0.6 is 0 Å². The van der Waals surface area contributed by atoms with Gasteiger partial charge in [0.05, 0.1) is 55.8 Å². The molecule has 5 nitrogen and oxygen atoms in total. The Labute approximate surface area is 444 Å². The normalized spacial score (nSPS) is 12.6. The Morgan fingerprint density at radius 2 is 0.692 bits per heavy atom. The molecule has 7 aromatic heterocycles. The second-order valence-corrected chi connectivity index (χ2v) is 21.4. The predicted molar refractivity (Wildman–Crippen MR) is 328 cm³/mol. The van der Waals surface area contributed by atoms with Crippen LogP contribution in [0.25, 0.3) is 175 Å². The second kappa shape index (κ2) is 14.7. The van der Waals surface area contributed by atoms with Crippen molar-refractivity contribution < 1.29 is 0 Å². The highest BCUT2D eigenvalue weighted by molar-refractivity contribution is 6.42. The van der Waals surface area contributed by atoms with Gasteiger partial charge in [0.15, 0.2) is 0 Å². The largest absolute Gasteiger partial charge is 0.309 e. The van der Waals surface area contributed by atoms with Crippen molar-refractivity contribution in [2.24, 2.45) is 0 Å². The summed E-state index contributed by atoms with van der Waals surface area (Å²) in [6.07, 6.45) is 2.19. The van der Waals surface area contributed by atoms with Crippen molar-refractivity contribution in [2.45, 2.75) is 0 Å². The molecule has 5 heteroatoms. The summed E-state index contributed by atoms with van der Waals surface area (Å²) in [5.41, 5.74) is 18.8. The van der Waals surface area contributed by atoms with Crippen molar-refractivity contribution >= 4 is 141 Å². The number of nitrogens with zero attached hydrogens (tertiary/aromatic N) is 5. The van der Waals surface area contributed by atoms with E-state index in [1.165, 1.54) is 153 Å². The lowest BCUT2D eigenvalue weighted by atomic mass is 9.95. The fraction of sp³-hybridized carbons (Fsp3) is 0. The van der Waals surface area contributed by atoms with E-state index in [0.29, 0.717) is 0 Å². The zero-order chi connectivity index (χ0) is 50.5. The summed E-state index contributed by atoms with van der Waals surface area (Å²) in [5.74, 6) is 0. The zero-order valence-corrected chi connectivity index (χ0v) is 41.9. The quantitative estimate of drug-likeness (QED) is 0.173. The molecule has 7 heterocycles. The molecule has 0 aliphatic rings. The highest BCUT2D eigenvalue weighted by Crippen LogP contribution is 2.52. The number of pyridine rings is 1. The van der Waals surface area contributed by atoms with Crippen LogP contribution in [0.3, 0.4) is 0 Å². The lowest BCUT2D eigenvalue weighted by Gasteiger charge is -2.10. The van der Waals surface area contributed by atoms with E-state index < -0.39 is 0 Å². The molecule has 0 saturated heterocycles. The van der Waals surface area contributed by atoms with Crippen molar-refractivity contribution in [1.82, 2.24) is 22.9 Å². The lowest BCUT2D eigenvalue weighted by Crippen LogP contribution is -1.93. The van der Waals surface area contributed by atoms with Gasteiger partial charge in [-0.05, 0) is 105 Å². The summed E-state index contributed by atoms with van der Waals surface area (Å²) < 4.78 is 9.89. The van der Waals surface area contributed by atoms with Gasteiger partial charge >= 0.3 is 0 Å². The number of benzene rings is 12. The van der Waals surface area contributed by atoms with Gasteiger partial charge < -0.3 is 13.5 Å². The van der Waals surface area contributed by atoms with Crippen molar-refractivity contribution in [1.29, 1.82) is 0 Å². The molecular weight excluding hydrogens is 947 g/mol. The van der Waals surface area contributed by atoms with E-state index in [1.807, 2.05) is 0 Å². The molecule has 0 spiro atoms. The van der Waals surface area contributed by atoms with Gasteiger partial charge in [0.2, 0.25) is 0 Å². The number of hydrogen-bond donors (Lipinski definition) is 0. The molecule has 78 heavy (non-hydrogen) atoms. The molecule has 0 unspecified atom stereocenters. The van der Waals surface area contributed by atoms with E-state index in [0.717, 1.165) is 22.5 Å². The van der Waals surface area contributed by atoms with E-state index in [1.54, 1.807) is 0 Å². The molecule has 0 aliphatic carbocycles. The molecule has 0 radical (unpaired) electrons. The van der Waals surface area contributed by atoms with Gasteiger partial charge in [0.25, 0.3) is 0 Å². The molecule has 0 amide bonds. The summed E-state index contributed by atoms with van der Waals surface area (Å²) in [7, 11) is 0. The molecule has 12 aromatic carbocycles. The first-order valence-corrected chi connectivity index (χ1v) is 27.0. The Morgan fingerprint density at radius 1 is 0.256 bits per heavy atom. The van der Waals surface area contributed by atoms with Crippen molar-refractivity contribution in [3.63, 3.8) is 0 Å². The lowest BCUT2D eigenvalue weighted by molar-refractivity contribution is 1.18. The first kappa shape index (κ1) is 40.8. The van der Waals surface area contributed by atoms with Crippen LogP contribution in [0.1, 0.15) is 0 Å². The van der Waals surface area contributed by atoms with Gasteiger partial charge in [-0.15, -0.1) is 0 Å². The Bertz CT molecular complexity index is 5440. The van der Waals surface area contributed by atoms with Crippen molar-refractivity contribution in [2.75, 3.05) is 0 Å². The van der Waals surface area contributed by atoms with Crippen molar-refractivity contribution in [3.05, 3.63) is 249 Å². The van der Waals surface area contributed by atoms with Gasteiger partial charge in [-0.25, -0.2) is 4.98 Å². The fourth-order valence-electron chi connectivity index (χ4n) is 14.5. The van der Waals surface area contributed by atoms with Gasteiger partial charge in [-0.1, -0.05) is 170 Å². The minimum Gasteiger partial charge on any atom is -0.309 e. The molecule has 19 rings (SSSR count). The number of para-hydroxylation sites is 6. The van der Waals surface area contributed by atoms with Crippen LogP contribution in [-0.4, -0.2) is 22.9 Å². The maximum atomic E-state index is 5.74. The maximum absolute atomic E-state index is 5.74. The first-order chi connectivity index (χ1) is 38.7. The number of hydrogen-bond acceptors (Lipinski definition) is 1. The van der Waals surface area contributed by atoms with Gasteiger partial charge in [-0.2, -0.15) is 0 Å². The van der Waals surface area contributed by atoms with E-state index >= 15 is 0 Å². The van der Waals surface area contributed by atoms with Crippen molar-refractivity contribution in [3.8, 4) is 33.6 Å². The summed E-state index contributed by atoms with van der Waals surface area (Å²) in [5, 5.41) is 19.8. The Balaban J connectivity index is 0.942. The molecule has 358 valence electrons. The van der Waals surface area contributed by atoms with E-state index in [9.17, 15) is 0 Å². The molecule has 0 aliphatic heterocycles. The summed E-state index contributed by atoms with van der Waals surface area (Å²) in [6.45, 7) is 0. The third-order valence-corrected chi connectivity index (χ3v) is 17.6. The van der Waals surface area contributed by atoms with E-state index in [-0.39, 0.29) is 0 Å². The van der Waals surface area contributed by atoms with Gasteiger partial charge in [-0.3, -0.25) is 4.40 Å². The topological polar surface area (TPSA) is 31.6 Å². The number of aromatic nitrogens is 5. The van der Waals surface area contributed by atoms with Crippen LogP contribution < -0.4 is 0 Å². The first-order valence-electron chi connectivity index (χ1n) is 27.0. The average molecular weight is 988 g/mol. The van der Waals surface area contributed by atoms with Crippen LogP contribution in [0, 0.1) is 0 Å². The smallest absolute Gasteiger partial charge is 0.146 e. The average Bonchev–Trinajstić information content (AvgIpc) is 4.21. The van der Waals surface area contributed by atoms with Crippen LogP contribution in [0.4, 0.5) is 0 Å². The highest BCUT2D eigenvalue weighted by Gasteiger charge is 2.29. The number of fused-ring (bicyclic) bond motifs is 23. The third kappa shape index (κ3) is 5.04. The highest BCUT2D eigenvalue weighted by atomic mass is 15.0. The van der Waals surface area contributed by atoms with Crippen LogP contribution in [0.2, 0.25) is 0 Å². The van der Waals surface area contributed by atoms with Gasteiger partial charge in [0.1, 0.15) is 5.65 Å². The fourth-order valence-corrected chi connectivity index (χ4v) is 14.5. The van der Waals surface area contributed by atoms with E-state index in [2.05, 4.69) is 267 Å². The van der Waals surface area contributed by atoms with Gasteiger partial charge in [0, 0.05) is 87.1 Å². The summed E-state index contributed by atoms with van der Waals surface area (Å²) in [6, 6.07) is 89.9. The molecule has 0 atom stereocenters. The molecule has 0 saturated carbocycles. The summed E-state index contributed by atoms with van der Waals surface area (Å²) in [4.78, 5) is 5.74.